The number of rotatable bonds is 5. The molecule has 21 heavy (non-hydrogen) atoms. The Morgan fingerprint density at radius 3 is 1.86 bits per heavy atom. The maximum atomic E-state index is 12.6. The van der Waals surface area contributed by atoms with Crippen molar-refractivity contribution in [2.45, 2.75) is 38.3 Å². The third kappa shape index (κ3) is 5.92. The fourth-order valence-electron chi connectivity index (χ4n) is 1.67. The molecular formula is C13H15F6NO. The number of alkyl halides is 6. The van der Waals surface area contributed by atoms with E-state index < -0.39 is 29.6 Å². The van der Waals surface area contributed by atoms with Crippen molar-refractivity contribution in [2.24, 2.45) is 0 Å². The fraction of sp³-hybridized carbons (Fsp3) is 0.538. The van der Waals surface area contributed by atoms with Gasteiger partial charge in [-0.05, 0) is 43.7 Å². The van der Waals surface area contributed by atoms with Crippen LogP contribution in [0, 0.1) is 0 Å². The summed E-state index contributed by atoms with van der Waals surface area (Å²) >= 11 is 0. The number of nitrogens with one attached hydrogen (secondary N) is 1. The number of benzene rings is 1. The number of halogens is 6. The SMILES string of the molecule is CC(O)CCNCc1cc(C(F)(F)F)cc(C(F)(F)F)c1. The van der Waals surface area contributed by atoms with Gasteiger partial charge in [-0.3, -0.25) is 0 Å². The van der Waals surface area contributed by atoms with E-state index in [9.17, 15) is 26.3 Å². The highest BCUT2D eigenvalue weighted by Crippen LogP contribution is 2.36. The Balaban J connectivity index is 2.93. The smallest absolute Gasteiger partial charge is 0.393 e. The summed E-state index contributed by atoms with van der Waals surface area (Å²) in [6.45, 7) is 1.68. The van der Waals surface area contributed by atoms with Gasteiger partial charge in [-0.25, -0.2) is 0 Å². The topological polar surface area (TPSA) is 32.3 Å². The summed E-state index contributed by atoms with van der Waals surface area (Å²) in [5, 5.41) is 11.7. The molecule has 0 aliphatic rings. The van der Waals surface area contributed by atoms with Crippen LogP contribution in [0.4, 0.5) is 26.3 Å². The third-order valence-corrected chi connectivity index (χ3v) is 2.72. The summed E-state index contributed by atoms with van der Waals surface area (Å²) in [6, 6.07) is 1.47. The van der Waals surface area contributed by atoms with E-state index in [4.69, 9.17) is 5.11 Å². The lowest BCUT2D eigenvalue weighted by atomic mass is 10.0. The second-order valence-electron chi connectivity index (χ2n) is 4.73. The Hall–Kier alpha value is -1.28. The molecule has 120 valence electrons. The van der Waals surface area contributed by atoms with Gasteiger partial charge in [-0.2, -0.15) is 26.3 Å². The van der Waals surface area contributed by atoms with E-state index in [1.54, 1.807) is 0 Å². The minimum absolute atomic E-state index is 0.0965. The number of hydrogen-bond donors (Lipinski definition) is 2. The molecule has 1 unspecified atom stereocenters. The molecule has 0 fully saturated rings. The van der Waals surface area contributed by atoms with Crippen LogP contribution in [-0.4, -0.2) is 17.8 Å². The first-order valence-corrected chi connectivity index (χ1v) is 6.17. The molecule has 2 N–H and O–H groups in total. The summed E-state index contributed by atoms with van der Waals surface area (Å²) < 4.78 is 75.7. The van der Waals surface area contributed by atoms with Crippen molar-refractivity contribution in [2.75, 3.05) is 6.54 Å². The molecular weight excluding hydrogens is 300 g/mol. The monoisotopic (exact) mass is 315 g/mol. The Bertz CT molecular complexity index is 434. The molecule has 0 radical (unpaired) electrons. The van der Waals surface area contributed by atoms with Gasteiger partial charge in [0.1, 0.15) is 0 Å². The van der Waals surface area contributed by atoms with E-state index in [0.717, 1.165) is 0 Å². The highest BCUT2D eigenvalue weighted by molar-refractivity contribution is 5.33. The van der Waals surface area contributed by atoms with Gasteiger partial charge in [0.25, 0.3) is 0 Å². The van der Waals surface area contributed by atoms with Gasteiger partial charge in [0.05, 0.1) is 17.2 Å². The molecule has 1 rings (SSSR count). The Kier molecular flexibility index (Phi) is 5.63. The summed E-state index contributed by atoms with van der Waals surface area (Å²) in [5.41, 5.74) is -2.77. The first kappa shape index (κ1) is 17.8. The number of aliphatic hydroxyl groups excluding tert-OH is 1. The van der Waals surface area contributed by atoms with Gasteiger partial charge in [0, 0.05) is 6.54 Å². The van der Waals surface area contributed by atoms with Gasteiger partial charge >= 0.3 is 12.4 Å². The van der Waals surface area contributed by atoms with E-state index in [1.807, 2.05) is 0 Å². The fourth-order valence-corrected chi connectivity index (χ4v) is 1.67. The van der Waals surface area contributed by atoms with Crippen molar-refractivity contribution < 1.29 is 31.4 Å². The normalized spacial score (nSPS) is 14.3. The number of aliphatic hydroxyl groups is 1. The zero-order valence-corrected chi connectivity index (χ0v) is 11.1. The van der Waals surface area contributed by atoms with Gasteiger partial charge in [-0.1, -0.05) is 0 Å². The summed E-state index contributed by atoms with van der Waals surface area (Å²) in [5.74, 6) is 0. The standard InChI is InChI=1S/C13H15F6NO/c1-8(21)2-3-20-7-9-4-10(12(14,15)16)6-11(5-9)13(17,18)19/h4-6,8,20-21H,2-3,7H2,1H3. The Labute approximate surface area is 117 Å². The van der Waals surface area contributed by atoms with Crippen LogP contribution in [-0.2, 0) is 18.9 Å². The molecule has 0 saturated carbocycles. The lowest BCUT2D eigenvalue weighted by molar-refractivity contribution is -0.143. The molecule has 0 saturated heterocycles. The van der Waals surface area contributed by atoms with Crippen LogP contribution in [0.2, 0.25) is 0 Å². The average Bonchev–Trinajstić information content (AvgIpc) is 2.32. The molecule has 0 spiro atoms. The van der Waals surface area contributed by atoms with Crippen LogP contribution >= 0.6 is 0 Å². The Morgan fingerprint density at radius 1 is 1.00 bits per heavy atom. The van der Waals surface area contributed by atoms with Gasteiger partial charge < -0.3 is 10.4 Å². The van der Waals surface area contributed by atoms with Gasteiger partial charge in [0.15, 0.2) is 0 Å². The van der Waals surface area contributed by atoms with Crippen LogP contribution in [0.15, 0.2) is 18.2 Å². The van der Waals surface area contributed by atoms with E-state index >= 15 is 0 Å². The van der Waals surface area contributed by atoms with Crippen molar-refractivity contribution in [1.29, 1.82) is 0 Å². The minimum Gasteiger partial charge on any atom is -0.393 e. The van der Waals surface area contributed by atoms with Gasteiger partial charge in [0.2, 0.25) is 0 Å². The molecule has 2 nitrogen and oxygen atoms in total. The molecule has 0 amide bonds. The van der Waals surface area contributed by atoms with Crippen molar-refractivity contribution in [1.82, 2.24) is 5.32 Å². The molecule has 1 atom stereocenters. The Morgan fingerprint density at radius 2 is 1.48 bits per heavy atom. The first-order valence-electron chi connectivity index (χ1n) is 6.17. The van der Waals surface area contributed by atoms with Crippen LogP contribution in [0.3, 0.4) is 0 Å². The average molecular weight is 315 g/mol. The molecule has 0 aliphatic heterocycles. The second-order valence-corrected chi connectivity index (χ2v) is 4.73. The predicted octanol–water partition coefficient (Wildman–Crippen LogP) is 3.58. The van der Waals surface area contributed by atoms with Crippen LogP contribution < -0.4 is 5.32 Å². The van der Waals surface area contributed by atoms with Crippen molar-refractivity contribution in [3.63, 3.8) is 0 Å². The van der Waals surface area contributed by atoms with Gasteiger partial charge in [-0.15, -0.1) is 0 Å². The maximum absolute atomic E-state index is 12.6. The molecule has 0 aliphatic carbocycles. The molecule has 0 heterocycles. The highest BCUT2D eigenvalue weighted by Gasteiger charge is 2.36. The number of hydrogen-bond acceptors (Lipinski definition) is 2. The first-order chi connectivity index (χ1) is 9.50. The second kappa shape index (κ2) is 6.65. The quantitative estimate of drug-likeness (QED) is 0.643. The molecule has 1 aromatic carbocycles. The summed E-state index contributed by atoms with van der Waals surface area (Å²) in [7, 11) is 0. The zero-order chi connectivity index (χ0) is 16.3. The largest absolute Gasteiger partial charge is 0.416 e. The lowest BCUT2D eigenvalue weighted by Crippen LogP contribution is -2.20. The lowest BCUT2D eigenvalue weighted by Gasteiger charge is -2.14. The van der Waals surface area contributed by atoms with Crippen molar-refractivity contribution >= 4 is 0 Å². The van der Waals surface area contributed by atoms with E-state index in [-0.39, 0.29) is 24.7 Å². The molecule has 8 heteroatoms. The third-order valence-electron chi connectivity index (χ3n) is 2.72. The van der Waals surface area contributed by atoms with Crippen LogP contribution in [0.25, 0.3) is 0 Å². The van der Waals surface area contributed by atoms with E-state index in [0.29, 0.717) is 18.6 Å². The molecule has 1 aromatic rings. The predicted molar refractivity (Wildman–Crippen MR) is 64.5 cm³/mol. The minimum atomic E-state index is -4.84. The highest BCUT2D eigenvalue weighted by atomic mass is 19.4. The maximum Gasteiger partial charge on any atom is 0.416 e. The summed E-state index contributed by atoms with van der Waals surface area (Å²) in [4.78, 5) is 0. The molecule has 0 bridgehead atoms. The van der Waals surface area contributed by atoms with E-state index in [1.165, 1.54) is 6.92 Å². The van der Waals surface area contributed by atoms with Crippen molar-refractivity contribution in [3.8, 4) is 0 Å². The van der Waals surface area contributed by atoms with E-state index in [2.05, 4.69) is 5.32 Å². The molecule has 0 aromatic heterocycles. The summed E-state index contributed by atoms with van der Waals surface area (Å²) in [6.07, 6.45) is -9.92. The van der Waals surface area contributed by atoms with Crippen LogP contribution in [0.1, 0.15) is 30.0 Å². The zero-order valence-electron chi connectivity index (χ0n) is 11.1. The van der Waals surface area contributed by atoms with Crippen molar-refractivity contribution in [3.05, 3.63) is 34.9 Å². The van der Waals surface area contributed by atoms with Crippen LogP contribution in [0.5, 0.6) is 0 Å².